The Morgan fingerprint density at radius 2 is 2.09 bits per heavy atom. The van der Waals surface area contributed by atoms with Crippen molar-refractivity contribution in [2.45, 2.75) is 31.8 Å². The highest BCUT2D eigenvalue weighted by Crippen LogP contribution is 2.34. The van der Waals surface area contributed by atoms with Crippen LogP contribution < -0.4 is 5.32 Å². The number of hydrogen-bond donors (Lipinski definition) is 1. The summed E-state index contributed by atoms with van der Waals surface area (Å²) in [6.07, 6.45) is 2.38. The Bertz CT molecular complexity index is 721. The minimum atomic E-state index is 0.0162. The molecule has 8 heteroatoms. The monoisotopic (exact) mass is 368 g/mol. The first-order valence-electron chi connectivity index (χ1n) is 7.76. The third kappa shape index (κ3) is 2.91. The number of aromatic nitrogens is 2. The quantitative estimate of drug-likeness (QED) is 0.904. The van der Waals surface area contributed by atoms with Gasteiger partial charge in [0.1, 0.15) is 0 Å². The van der Waals surface area contributed by atoms with Gasteiger partial charge in [-0.2, -0.15) is 0 Å². The van der Waals surface area contributed by atoms with Crippen LogP contribution in [-0.4, -0.2) is 46.2 Å². The molecule has 5 rings (SSSR count). The summed E-state index contributed by atoms with van der Waals surface area (Å²) in [4.78, 5) is 16.7. The van der Waals surface area contributed by atoms with Gasteiger partial charge >= 0.3 is 0 Å². The molecule has 5 heterocycles. The van der Waals surface area contributed by atoms with E-state index in [0.29, 0.717) is 16.4 Å². The molecule has 1 amide bonds. The number of piperidine rings is 3. The van der Waals surface area contributed by atoms with Crippen LogP contribution in [0, 0.1) is 5.92 Å². The lowest BCUT2D eigenvalue weighted by Crippen LogP contribution is -2.62. The van der Waals surface area contributed by atoms with Gasteiger partial charge < -0.3 is 5.32 Å². The average Bonchev–Trinajstić information content (AvgIpc) is 3.20. The van der Waals surface area contributed by atoms with Crippen LogP contribution in [0.25, 0.3) is 9.88 Å². The first kappa shape index (κ1) is 15.5. The van der Waals surface area contributed by atoms with E-state index in [9.17, 15) is 4.79 Å². The van der Waals surface area contributed by atoms with Crippen LogP contribution >= 0.6 is 34.3 Å². The number of nitrogens with one attached hydrogen (secondary N) is 1. The van der Waals surface area contributed by atoms with E-state index in [-0.39, 0.29) is 11.9 Å². The van der Waals surface area contributed by atoms with Gasteiger partial charge in [-0.3, -0.25) is 9.69 Å². The maximum Gasteiger partial charge on any atom is 0.261 e. The molecule has 2 aromatic heterocycles. The molecule has 2 aromatic rings. The van der Waals surface area contributed by atoms with Gasteiger partial charge in [-0.25, -0.2) is 0 Å². The van der Waals surface area contributed by atoms with Gasteiger partial charge in [-0.1, -0.05) is 11.3 Å². The molecule has 3 saturated heterocycles. The molecular formula is C15H17ClN4OS2. The molecule has 23 heavy (non-hydrogen) atoms. The zero-order chi connectivity index (χ0) is 16.0. The first-order chi connectivity index (χ1) is 11.1. The van der Waals surface area contributed by atoms with Crippen molar-refractivity contribution in [1.29, 1.82) is 0 Å². The van der Waals surface area contributed by atoms with Gasteiger partial charge in [0, 0.05) is 12.1 Å². The summed E-state index contributed by atoms with van der Waals surface area (Å²) in [6, 6.07) is 4.45. The topological polar surface area (TPSA) is 58.1 Å². The number of halogens is 1. The number of rotatable bonds is 3. The Labute approximate surface area is 147 Å². The van der Waals surface area contributed by atoms with Gasteiger partial charge in [0.15, 0.2) is 5.01 Å². The largest absolute Gasteiger partial charge is 0.347 e. The normalized spacial score (nSPS) is 29.7. The molecule has 0 aromatic carbocycles. The van der Waals surface area contributed by atoms with Crippen molar-refractivity contribution in [3.05, 3.63) is 21.5 Å². The molecule has 2 unspecified atom stereocenters. The van der Waals surface area contributed by atoms with Crippen molar-refractivity contribution in [1.82, 2.24) is 20.4 Å². The van der Waals surface area contributed by atoms with Crippen molar-refractivity contribution in [2.75, 3.05) is 13.1 Å². The minimum Gasteiger partial charge on any atom is -0.347 e. The number of thiophene rings is 1. The first-order valence-corrected chi connectivity index (χ1v) is 9.77. The summed E-state index contributed by atoms with van der Waals surface area (Å²) in [5, 5.41) is 11.9. The van der Waals surface area contributed by atoms with E-state index in [1.165, 1.54) is 48.6 Å². The Morgan fingerprint density at radius 3 is 2.74 bits per heavy atom. The van der Waals surface area contributed by atoms with Crippen molar-refractivity contribution in [3.63, 3.8) is 0 Å². The number of fused-ring (bicyclic) bond motifs is 3. The van der Waals surface area contributed by atoms with E-state index in [0.717, 1.165) is 14.8 Å². The molecule has 3 aliphatic heterocycles. The van der Waals surface area contributed by atoms with Crippen molar-refractivity contribution in [2.24, 2.45) is 5.92 Å². The summed E-state index contributed by atoms with van der Waals surface area (Å²) in [6.45, 7) is 4.55. The predicted octanol–water partition coefficient (Wildman–Crippen LogP) is 3.13. The number of amides is 1. The average molecular weight is 369 g/mol. The fourth-order valence-electron chi connectivity index (χ4n) is 3.65. The highest BCUT2D eigenvalue weighted by Gasteiger charge is 2.40. The summed E-state index contributed by atoms with van der Waals surface area (Å²) in [7, 11) is 0. The van der Waals surface area contributed by atoms with Crippen LogP contribution in [0.4, 0.5) is 0 Å². The number of hydrogen-bond acceptors (Lipinski definition) is 6. The van der Waals surface area contributed by atoms with Crippen LogP contribution in [0.2, 0.25) is 4.47 Å². The van der Waals surface area contributed by atoms with Gasteiger partial charge in [-0.15, -0.1) is 21.5 Å². The van der Waals surface area contributed by atoms with Gasteiger partial charge in [0.2, 0.25) is 4.47 Å². The van der Waals surface area contributed by atoms with Crippen molar-refractivity contribution in [3.8, 4) is 9.88 Å². The maximum absolute atomic E-state index is 12.6. The number of carbonyl (C=O) groups excluding carboxylic acids is 1. The molecule has 5 nitrogen and oxygen atoms in total. The highest BCUT2D eigenvalue weighted by atomic mass is 35.5. The lowest BCUT2D eigenvalue weighted by molar-refractivity contribution is 0.0218. The van der Waals surface area contributed by atoms with Crippen LogP contribution in [0.5, 0.6) is 0 Å². The second-order valence-electron chi connectivity index (χ2n) is 6.14. The summed E-state index contributed by atoms with van der Waals surface area (Å²) in [5.41, 5.74) is 0. The molecule has 3 aliphatic rings. The molecular weight excluding hydrogens is 352 g/mol. The van der Waals surface area contributed by atoms with E-state index in [1.54, 1.807) is 0 Å². The third-order valence-corrected chi connectivity index (χ3v) is 7.19. The standard InChI is InChI=1S/C15H17ClN4OS2/c1-8-12(9-4-6-20(8)7-5-9)17-13(21)10-2-3-11(22-10)14-18-19-15(16)23-14/h2-3,8-9,12H,4-7H2,1H3,(H,17,21). The molecule has 0 radical (unpaired) electrons. The molecule has 0 spiro atoms. The second-order valence-corrected chi connectivity index (χ2v) is 8.78. The number of carbonyl (C=O) groups is 1. The summed E-state index contributed by atoms with van der Waals surface area (Å²) < 4.78 is 0.417. The third-order valence-electron chi connectivity index (χ3n) is 4.92. The Hall–Kier alpha value is -1.02. The Morgan fingerprint density at radius 1 is 1.30 bits per heavy atom. The van der Waals surface area contributed by atoms with Gasteiger partial charge in [-0.05, 0) is 62.5 Å². The molecule has 0 aliphatic carbocycles. The number of nitrogens with zero attached hydrogens (tertiary/aromatic N) is 3. The summed E-state index contributed by atoms with van der Waals surface area (Å²) >= 11 is 8.59. The lowest BCUT2D eigenvalue weighted by Gasteiger charge is -2.49. The minimum absolute atomic E-state index is 0.0162. The zero-order valence-electron chi connectivity index (χ0n) is 12.7. The molecule has 0 saturated carbocycles. The van der Waals surface area contributed by atoms with E-state index >= 15 is 0 Å². The van der Waals surface area contributed by atoms with Gasteiger partial charge in [0.05, 0.1) is 9.75 Å². The van der Waals surface area contributed by atoms with Crippen LogP contribution in [0.3, 0.4) is 0 Å². The maximum atomic E-state index is 12.6. The van der Waals surface area contributed by atoms with Gasteiger partial charge in [0.25, 0.3) is 5.91 Å². The Balaban J connectivity index is 1.48. The fourth-order valence-corrected chi connectivity index (χ4v) is 5.43. The van der Waals surface area contributed by atoms with Crippen molar-refractivity contribution >= 4 is 40.2 Å². The molecule has 122 valence electrons. The van der Waals surface area contributed by atoms with Crippen LogP contribution in [0.15, 0.2) is 12.1 Å². The van der Waals surface area contributed by atoms with E-state index in [4.69, 9.17) is 11.6 Å². The SMILES string of the molecule is CC1C(NC(=O)c2ccc(-c3nnc(Cl)s3)s2)C2CCN1CC2. The fraction of sp³-hybridized carbons (Fsp3) is 0.533. The van der Waals surface area contributed by atoms with Crippen LogP contribution in [0.1, 0.15) is 29.4 Å². The van der Waals surface area contributed by atoms with Crippen LogP contribution in [-0.2, 0) is 0 Å². The predicted molar refractivity (Wildman–Crippen MR) is 93.2 cm³/mol. The smallest absolute Gasteiger partial charge is 0.261 e. The molecule has 3 fully saturated rings. The highest BCUT2D eigenvalue weighted by molar-refractivity contribution is 7.24. The lowest BCUT2D eigenvalue weighted by atomic mass is 9.79. The summed E-state index contributed by atoms with van der Waals surface area (Å²) in [5.74, 6) is 0.628. The zero-order valence-corrected chi connectivity index (χ0v) is 15.0. The molecule has 2 atom stereocenters. The molecule has 2 bridgehead atoms. The van der Waals surface area contributed by atoms with Crippen molar-refractivity contribution < 1.29 is 4.79 Å². The molecule has 1 N–H and O–H groups in total. The van der Waals surface area contributed by atoms with E-state index in [2.05, 4.69) is 27.3 Å². The second kappa shape index (κ2) is 6.12. The van der Waals surface area contributed by atoms with E-state index in [1.807, 2.05) is 12.1 Å². The van der Waals surface area contributed by atoms with E-state index < -0.39 is 0 Å². The Kier molecular flexibility index (Phi) is 4.13.